The van der Waals surface area contributed by atoms with Crippen LogP contribution in [-0.2, 0) is 16.0 Å². The number of unbranched alkanes of at least 4 members (excludes halogenated alkanes) is 2. The van der Waals surface area contributed by atoms with Gasteiger partial charge in [-0.05, 0) is 57.1 Å². The average Bonchev–Trinajstić information content (AvgIpc) is 2.53. The van der Waals surface area contributed by atoms with Crippen molar-refractivity contribution in [3.05, 3.63) is 47.0 Å². The number of carbonyl (C=O) groups excluding carboxylic acids is 1. The van der Waals surface area contributed by atoms with Crippen LogP contribution in [0.15, 0.2) is 35.9 Å². The third-order valence-electron chi connectivity index (χ3n) is 3.99. The summed E-state index contributed by atoms with van der Waals surface area (Å²) in [6.45, 7) is 8.49. The van der Waals surface area contributed by atoms with Crippen molar-refractivity contribution in [1.82, 2.24) is 0 Å². The van der Waals surface area contributed by atoms with E-state index in [-0.39, 0.29) is 11.9 Å². The molecule has 1 unspecified atom stereocenters. The molecule has 0 spiro atoms. The molecule has 0 saturated heterocycles. The highest BCUT2D eigenvalue weighted by atomic mass is 16.5. The topological polar surface area (TPSA) is 26.3 Å². The van der Waals surface area contributed by atoms with Crippen molar-refractivity contribution in [2.45, 2.75) is 59.8 Å². The van der Waals surface area contributed by atoms with Crippen LogP contribution in [0.4, 0.5) is 0 Å². The number of benzene rings is 1. The molecule has 0 aliphatic carbocycles. The lowest BCUT2D eigenvalue weighted by Crippen LogP contribution is -2.14. The molecule has 0 fully saturated rings. The summed E-state index contributed by atoms with van der Waals surface area (Å²) in [6.07, 6.45) is 7.58. The van der Waals surface area contributed by atoms with E-state index in [1.54, 1.807) is 0 Å². The second-order valence-corrected chi connectivity index (χ2v) is 6.20. The van der Waals surface area contributed by atoms with Crippen LogP contribution >= 0.6 is 0 Å². The summed E-state index contributed by atoms with van der Waals surface area (Å²) in [5.41, 5.74) is 3.87. The Morgan fingerprint density at radius 3 is 2.55 bits per heavy atom. The molecular formula is C20H30O2. The molecule has 0 saturated carbocycles. The summed E-state index contributed by atoms with van der Waals surface area (Å²) in [6, 6.07) is 8.77. The van der Waals surface area contributed by atoms with Gasteiger partial charge in [-0.1, -0.05) is 49.8 Å². The Bertz CT molecular complexity index is 471. The van der Waals surface area contributed by atoms with E-state index in [4.69, 9.17) is 4.74 Å². The average molecular weight is 302 g/mol. The number of hydrogen-bond donors (Lipinski definition) is 0. The molecule has 0 aliphatic rings. The van der Waals surface area contributed by atoms with E-state index in [1.165, 1.54) is 24.0 Å². The van der Waals surface area contributed by atoms with Crippen LogP contribution in [0, 0.1) is 12.8 Å². The molecule has 0 amide bonds. The first-order valence-corrected chi connectivity index (χ1v) is 8.40. The van der Waals surface area contributed by atoms with Crippen LogP contribution in [0.3, 0.4) is 0 Å². The summed E-state index contributed by atoms with van der Waals surface area (Å²) < 4.78 is 5.29. The minimum absolute atomic E-state index is 0.00214. The molecule has 1 aromatic rings. The molecule has 0 N–H and O–H groups in total. The van der Waals surface area contributed by atoms with Crippen LogP contribution in [0.25, 0.3) is 0 Å². The first kappa shape index (κ1) is 18.5. The highest BCUT2D eigenvalue weighted by Crippen LogP contribution is 2.10. The minimum atomic E-state index is -0.0883. The van der Waals surface area contributed by atoms with Gasteiger partial charge in [0, 0.05) is 0 Å². The zero-order chi connectivity index (χ0) is 16.4. The van der Waals surface area contributed by atoms with Crippen molar-refractivity contribution in [2.75, 3.05) is 6.61 Å². The summed E-state index contributed by atoms with van der Waals surface area (Å²) in [5.74, 6) is -0.0862. The third kappa shape index (κ3) is 7.44. The first-order chi connectivity index (χ1) is 10.5. The number of rotatable bonds is 9. The van der Waals surface area contributed by atoms with E-state index in [0.29, 0.717) is 6.61 Å². The van der Waals surface area contributed by atoms with Crippen LogP contribution in [0.5, 0.6) is 0 Å². The monoisotopic (exact) mass is 302 g/mol. The van der Waals surface area contributed by atoms with Gasteiger partial charge in [0.2, 0.25) is 0 Å². The maximum absolute atomic E-state index is 11.6. The molecule has 0 bridgehead atoms. The SMILES string of the molecule is CCC(C)C(=O)OC/C(C)=C/CCCCc1ccc(C)cc1. The molecular weight excluding hydrogens is 272 g/mol. The van der Waals surface area contributed by atoms with Crippen LogP contribution in [0.1, 0.15) is 57.6 Å². The number of carbonyl (C=O) groups is 1. The molecule has 22 heavy (non-hydrogen) atoms. The smallest absolute Gasteiger partial charge is 0.308 e. The van der Waals surface area contributed by atoms with Gasteiger partial charge in [-0.2, -0.15) is 0 Å². The Balaban J connectivity index is 2.16. The summed E-state index contributed by atoms with van der Waals surface area (Å²) in [5, 5.41) is 0. The maximum atomic E-state index is 11.6. The van der Waals surface area contributed by atoms with E-state index in [9.17, 15) is 4.79 Å². The van der Waals surface area contributed by atoms with Crippen molar-refractivity contribution >= 4 is 5.97 Å². The Morgan fingerprint density at radius 1 is 1.23 bits per heavy atom. The lowest BCUT2D eigenvalue weighted by atomic mass is 10.1. The van der Waals surface area contributed by atoms with Crippen molar-refractivity contribution in [2.24, 2.45) is 5.92 Å². The first-order valence-electron chi connectivity index (χ1n) is 8.40. The lowest BCUT2D eigenvalue weighted by Gasteiger charge is -2.09. The molecule has 0 aliphatic heterocycles. The number of hydrogen-bond acceptors (Lipinski definition) is 2. The predicted octanol–water partition coefficient (Wildman–Crippen LogP) is 5.24. The van der Waals surface area contributed by atoms with Gasteiger partial charge in [0.25, 0.3) is 0 Å². The number of esters is 1. The molecule has 2 nitrogen and oxygen atoms in total. The van der Waals surface area contributed by atoms with Crippen LogP contribution in [-0.4, -0.2) is 12.6 Å². The van der Waals surface area contributed by atoms with E-state index < -0.39 is 0 Å². The normalized spacial score (nSPS) is 13.0. The van der Waals surface area contributed by atoms with Gasteiger partial charge in [0.1, 0.15) is 6.61 Å². The quantitative estimate of drug-likeness (QED) is 0.354. The van der Waals surface area contributed by atoms with Crippen molar-refractivity contribution in [1.29, 1.82) is 0 Å². The molecule has 0 radical (unpaired) electrons. The lowest BCUT2D eigenvalue weighted by molar-refractivity contribution is -0.147. The highest BCUT2D eigenvalue weighted by Gasteiger charge is 2.11. The van der Waals surface area contributed by atoms with Gasteiger partial charge in [0.15, 0.2) is 0 Å². The Kier molecular flexibility index (Phi) is 8.57. The molecule has 122 valence electrons. The van der Waals surface area contributed by atoms with Crippen molar-refractivity contribution in [3.8, 4) is 0 Å². The molecule has 0 heterocycles. The van der Waals surface area contributed by atoms with Gasteiger partial charge in [-0.15, -0.1) is 0 Å². The van der Waals surface area contributed by atoms with Crippen LogP contribution in [0.2, 0.25) is 0 Å². The number of allylic oxidation sites excluding steroid dienone is 1. The van der Waals surface area contributed by atoms with Gasteiger partial charge in [0.05, 0.1) is 5.92 Å². The van der Waals surface area contributed by atoms with Crippen molar-refractivity contribution in [3.63, 3.8) is 0 Å². The Labute approximate surface area is 135 Å². The zero-order valence-corrected chi connectivity index (χ0v) is 14.5. The fraction of sp³-hybridized carbons (Fsp3) is 0.550. The number of ether oxygens (including phenoxy) is 1. The van der Waals surface area contributed by atoms with E-state index >= 15 is 0 Å². The maximum Gasteiger partial charge on any atom is 0.308 e. The zero-order valence-electron chi connectivity index (χ0n) is 14.5. The Hall–Kier alpha value is -1.57. The van der Waals surface area contributed by atoms with E-state index in [2.05, 4.69) is 37.3 Å². The minimum Gasteiger partial charge on any atom is -0.461 e. The fourth-order valence-electron chi connectivity index (χ4n) is 2.13. The van der Waals surface area contributed by atoms with Gasteiger partial charge in [-0.3, -0.25) is 4.79 Å². The third-order valence-corrected chi connectivity index (χ3v) is 3.99. The van der Waals surface area contributed by atoms with Crippen molar-refractivity contribution < 1.29 is 9.53 Å². The summed E-state index contributed by atoms with van der Waals surface area (Å²) in [4.78, 5) is 11.6. The summed E-state index contributed by atoms with van der Waals surface area (Å²) >= 11 is 0. The van der Waals surface area contributed by atoms with E-state index in [1.807, 2.05) is 20.8 Å². The Morgan fingerprint density at radius 2 is 1.91 bits per heavy atom. The van der Waals surface area contributed by atoms with Gasteiger partial charge < -0.3 is 4.74 Å². The predicted molar refractivity (Wildman–Crippen MR) is 92.9 cm³/mol. The largest absolute Gasteiger partial charge is 0.461 e. The molecule has 2 heteroatoms. The summed E-state index contributed by atoms with van der Waals surface area (Å²) in [7, 11) is 0. The number of aryl methyl sites for hydroxylation is 2. The molecule has 0 aromatic heterocycles. The highest BCUT2D eigenvalue weighted by molar-refractivity contribution is 5.72. The van der Waals surface area contributed by atoms with E-state index in [0.717, 1.165) is 24.8 Å². The standard InChI is InChI=1S/C20H30O2/c1-5-18(4)20(21)22-15-17(3)9-7-6-8-10-19-13-11-16(2)12-14-19/h9,11-14,18H,5-8,10,15H2,1-4H3/b17-9+. The van der Waals surface area contributed by atoms with Gasteiger partial charge >= 0.3 is 5.97 Å². The fourth-order valence-corrected chi connectivity index (χ4v) is 2.13. The van der Waals surface area contributed by atoms with Crippen LogP contribution < -0.4 is 0 Å². The molecule has 1 aromatic carbocycles. The molecule has 1 rings (SSSR count). The molecule has 1 atom stereocenters. The van der Waals surface area contributed by atoms with Gasteiger partial charge in [-0.25, -0.2) is 0 Å². The second kappa shape index (κ2) is 10.2. The second-order valence-electron chi connectivity index (χ2n) is 6.20.